The Labute approximate surface area is 396 Å². The molecule has 0 radical (unpaired) electrons. The van der Waals surface area contributed by atoms with E-state index in [0.717, 1.165) is 28.7 Å². The molecule has 2 aromatic carbocycles. The monoisotopic (exact) mass is 956 g/mol. The number of halogens is 2. The summed E-state index contributed by atoms with van der Waals surface area (Å²) >= 11 is 1.42. The van der Waals surface area contributed by atoms with Crippen molar-refractivity contribution in [3.63, 3.8) is 0 Å². The number of ether oxygens (including phenoxy) is 5. The van der Waals surface area contributed by atoms with Crippen LogP contribution < -0.4 is 10.6 Å². The molecule has 1 atom stereocenters. The summed E-state index contributed by atoms with van der Waals surface area (Å²) in [7, 11) is 0. The van der Waals surface area contributed by atoms with Gasteiger partial charge in [-0.25, -0.2) is 18.6 Å². The van der Waals surface area contributed by atoms with Gasteiger partial charge in [-0.05, 0) is 56.4 Å². The molecule has 0 saturated heterocycles. The SMILES string of the molecule is CC(C)(C)OC(=O)NCCCN(C(=O)CSCCOCCOCCOCCOCCC(=O)NCCN1C(=O)C=CC1=O)C(c1nc(-c2cc(F)ccc2F)cn1Cc1ccccc1)C(C)(C)C. The summed E-state index contributed by atoms with van der Waals surface area (Å²) in [6.07, 6.45) is 4.09. The molecule has 0 saturated carbocycles. The van der Waals surface area contributed by atoms with Gasteiger partial charge < -0.3 is 43.8 Å². The fourth-order valence-electron chi connectivity index (χ4n) is 6.86. The summed E-state index contributed by atoms with van der Waals surface area (Å²) < 4.78 is 59.2. The van der Waals surface area contributed by atoms with Gasteiger partial charge in [0, 0.05) is 68.8 Å². The molecule has 2 N–H and O–H groups in total. The molecule has 1 aliphatic rings. The summed E-state index contributed by atoms with van der Waals surface area (Å²) in [6, 6.07) is 12.3. The third-order valence-electron chi connectivity index (χ3n) is 9.89. The van der Waals surface area contributed by atoms with E-state index in [9.17, 15) is 28.4 Å². The van der Waals surface area contributed by atoms with Crippen LogP contribution >= 0.6 is 11.8 Å². The van der Waals surface area contributed by atoms with Crippen LogP contribution in [0, 0.1) is 17.0 Å². The summed E-state index contributed by atoms with van der Waals surface area (Å²) in [4.78, 5) is 69.6. The number of carbonyl (C=O) groups excluding carboxylic acids is 5. The van der Waals surface area contributed by atoms with Crippen LogP contribution in [0.1, 0.15) is 71.8 Å². The molecular weight excluding hydrogens is 891 g/mol. The van der Waals surface area contributed by atoms with E-state index < -0.39 is 46.6 Å². The first-order valence-corrected chi connectivity index (χ1v) is 23.6. The highest BCUT2D eigenvalue weighted by Crippen LogP contribution is 2.40. The fourth-order valence-corrected chi connectivity index (χ4v) is 7.58. The van der Waals surface area contributed by atoms with Crippen molar-refractivity contribution in [3.8, 4) is 11.3 Å². The lowest BCUT2D eigenvalue weighted by Crippen LogP contribution is -2.44. The van der Waals surface area contributed by atoms with E-state index >= 15 is 4.39 Å². The number of alkyl carbamates (subject to hydrolysis) is 1. The Bertz CT molecular complexity index is 2070. The maximum Gasteiger partial charge on any atom is 0.407 e. The smallest absolute Gasteiger partial charge is 0.407 e. The van der Waals surface area contributed by atoms with E-state index in [-0.39, 0.29) is 68.0 Å². The molecule has 16 nitrogen and oxygen atoms in total. The highest BCUT2D eigenvalue weighted by Gasteiger charge is 2.38. The Morgan fingerprint density at radius 2 is 1.43 bits per heavy atom. The number of amides is 5. The van der Waals surface area contributed by atoms with Crippen LogP contribution in [0.5, 0.6) is 0 Å². The lowest BCUT2D eigenvalue weighted by molar-refractivity contribution is -0.137. The van der Waals surface area contributed by atoms with Crippen LogP contribution in [0.3, 0.4) is 0 Å². The van der Waals surface area contributed by atoms with Crippen molar-refractivity contribution >= 4 is 41.5 Å². The molecule has 5 amide bonds. The van der Waals surface area contributed by atoms with Gasteiger partial charge in [0.2, 0.25) is 11.8 Å². The Morgan fingerprint density at radius 3 is 2.06 bits per heavy atom. The van der Waals surface area contributed by atoms with E-state index in [1.807, 2.05) is 55.7 Å². The van der Waals surface area contributed by atoms with Gasteiger partial charge in [-0.2, -0.15) is 0 Å². The van der Waals surface area contributed by atoms with E-state index in [1.165, 1.54) is 23.9 Å². The number of hydrogen-bond acceptors (Lipinski definition) is 12. The van der Waals surface area contributed by atoms with Crippen LogP contribution in [-0.2, 0) is 49.4 Å². The number of hydrogen-bond donors (Lipinski definition) is 2. The number of benzene rings is 2. The molecule has 368 valence electrons. The van der Waals surface area contributed by atoms with E-state index in [0.29, 0.717) is 70.8 Å². The molecule has 2 heterocycles. The molecule has 0 fully saturated rings. The van der Waals surface area contributed by atoms with Crippen LogP contribution in [-0.4, -0.2) is 145 Å². The van der Waals surface area contributed by atoms with Crippen LogP contribution in [0.15, 0.2) is 66.9 Å². The molecule has 67 heavy (non-hydrogen) atoms. The van der Waals surface area contributed by atoms with Crippen LogP contribution in [0.25, 0.3) is 11.3 Å². The minimum atomic E-state index is -0.672. The number of rotatable bonds is 29. The summed E-state index contributed by atoms with van der Waals surface area (Å²) in [6.45, 7) is 15.1. The predicted octanol–water partition coefficient (Wildman–Crippen LogP) is 5.94. The second kappa shape index (κ2) is 27.6. The van der Waals surface area contributed by atoms with Gasteiger partial charge in [0.1, 0.15) is 23.1 Å². The molecular formula is C48H66F2N6O10S. The molecule has 3 aromatic rings. The average Bonchev–Trinajstić information content (AvgIpc) is 3.81. The van der Waals surface area contributed by atoms with Gasteiger partial charge in [-0.1, -0.05) is 51.1 Å². The van der Waals surface area contributed by atoms with Crippen LogP contribution in [0.4, 0.5) is 13.6 Å². The number of nitrogens with zero attached hydrogens (tertiary/aromatic N) is 4. The highest BCUT2D eigenvalue weighted by atomic mass is 32.2. The van der Waals surface area contributed by atoms with Crippen molar-refractivity contribution in [1.29, 1.82) is 0 Å². The first kappa shape index (κ1) is 54.4. The number of aromatic nitrogens is 2. The molecule has 0 aliphatic carbocycles. The van der Waals surface area contributed by atoms with Crippen molar-refractivity contribution in [2.24, 2.45) is 5.41 Å². The molecule has 1 aromatic heterocycles. The molecule has 19 heteroatoms. The zero-order valence-electron chi connectivity index (χ0n) is 39.5. The van der Waals surface area contributed by atoms with Gasteiger partial charge in [-0.3, -0.25) is 24.1 Å². The van der Waals surface area contributed by atoms with Crippen molar-refractivity contribution < 1.29 is 56.4 Å². The van der Waals surface area contributed by atoms with E-state index in [1.54, 1.807) is 31.9 Å². The molecule has 0 bridgehead atoms. The maximum atomic E-state index is 15.2. The third kappa shape index (κ3) is 19.5. The lowest BCUT2D eigenvalue weighted by Gasteiger charge is -2.40. The second-order valence-electron chi connectivity index (χ2n) is 17.6. The summed E-state index contributed by atoms with van der Waals surface area (Å²) in [5, 5.41) is 5.43. The Hall–Kier alpha value is -5.21. The second-order valence-corrected chi connectivity index (χ2v) is 18.7. The fraction of sp³-hybridized carbons (Fsp3) is 0.542. The molecule has 4 rings (SSSR count). The Balaban J connectivity index is 1.24. The van der Waals surface area contributed by atoms with Crippen molar-refractivity contribution in [2.75, 3.05) is 90.5 Å². The van der Waals surface area contributed by atoms with Gasteiger partial charge in [0.05, 0.1) is 70.3 Å². The lowest BCUT2D eigenvalue weighted by atomic mass is 9.84. The summed E-state index contributed by atoms with van der Waals surface area (Å²) in [5.41, 5.74) is -0.0447. The molecule has 1 unspecified atom stereocenters. The average molecular weight is 957 g/mol. The zero-order valence-corrected chi connectivity index (χ0v) is 40.3. The summed E-state index contributed by atoms with van der Waals surface area (Å²) in [5.74, 6) is -1.22. The Morgan fingerprint density at radius 1 is 0.806 bits per heavy atom. The minimum Gasteiger partial charge on any atom is -0.444 e. The van der Waals surface area contributed by atoms with Crippen molar-refractivity contribution in [3.05, 3.63) is 89.9 Å². The first-order valence-electron chi connectivity index (χ1n) is 22.4. The number of imidazole rings is 1. The quantitative estimate of drug-likeness (QED) is 0.0619. The topological polar surface area (TPSA) is 180 Å². The van der Waals surface area contributed by atoms with Gasteiger partial charge in [0.25, 0.3) is 11.8 Å². The van der Waals surface area contributed by atoms with Gasteiger partial charge >= 0.3 is 6.09 Å². The number of thioether (sulfide) groups is 1. The minimum absolute atomic E-state index is 0.0128. The van der Waals surface area contributed by atoms with E-state index in [4.69, 9.17) is 28.7 Å². The maximum absolute atomic E-state index is 15.2. The Kier molecular flexibility index (Phi) is 22.4. The van der Waals surface area contributed by atoms with Gasteiger partial charge in [-0.15, -0.1) is 11.8 Å². The van der Waals surface area contributed by atoms with E-state index in [2.05, 4.69) is 10.6 Å². The van der Waals surface area contributed by atoms with Crippen molar-refractivity contribution in [1.82, 2.24) is 30.0 Å². The number of nitrogens with one attached hydrogen (secondary N) is 2. The number of carbonyl (C=O) groups is 5. The van der Waals surface area contributed by atoms with Gasteiger partial charge in [0.15, 0.2) is 0 Å². The first-order chi connectivity index (χ1) is 31.9. The standard InChI is InChI=1S/C48H66F2N6O10S/c1-47(2,3)44(45-53-39(37-31-36(49)13-14-38(37)50)33-54(45)32-35-11-8-7-9-12-35)56(20-10-18-52-46(61)66-48(4,5)6)43(60)34-67-30-29-65-28-27-64-26-25-63-24-23-62-22-17-40(57)51-19-21-55-41(58)15-16-42(55)59/h7-9,11-16,31,33,44H,10,17-30,32,34H2,1-6H3,(H,51,57)(H,52,61). The highest BCUT2D eigenvalue weighted by molar-refractivity contribution is 7.99. The zero-order chi connectivity index (χ0) is 48.8. The normalized spacial score (nSPS) is 13.3. The molecule has 1 aliphatic heterocycles. The van der Waals surface area contributed by atoms with Crippen molar-refractivity contribution in [2.45, 2.75) is 72.6 Å². The third-order valence-corrected chi connectivity index (χ3v) is 10.8. The largest absolute Gasteiger partial charge is 0.444 e. The number of imide groups is 1. The molecule has 0 spiro atoms. The predicted molar refractivity (Wildman–Crippen MR) is 250 cm³/mol. The van der Waals surface area contributed by atoms with Crippen LogP contribution in [0.2, 0.25) is 0 Å².